The first-order chi connectivity index (χ1) is 17.0. The molecule has 0 bridgehead atoms. The van der Waals surface area contributed by atoms with E-state index < -0.39 is 6.09 Å². The van der Waals surface area contributed by atoms with E-state index in [-0.39, 0.29) is 24.5 Å². The fourth-order valence-electron chi connectivity index (χ4n) is 4.38. The number of carbonyl (C=O) groups excluding carboxylic acids is 3. The van der Waals surface area contributed by atoms with Gasteiger partial charge in [-0.3, -0.25) is 14.9 Å². The van der Waals surface area contributed by atoms with Crippen molar-refractivity contribution in [2.24, 2.45) is 0 Å². The number of piperidine rings is 1. The summed E-state index contributed by atoms with van der Waals surface area (Å²) in [5, 5.41) is 5.35. The molecule has 1 unspecified atom stereocenters. The van der Waals surface area contributed by atoms with Gasteiger partial charge in [0.05, 0.1) is 6.04 Å². The van der Waals surface area contributed by atoms with E-state index in [0.717, 1.165) is 16.7 Å². The SMILES string of the molecule is C=C1NC(=O)CCC1N1Cc2ccc(COC(=O)Nc3ccc(-c4ccccc4)cn3)cc2C1=O. The molecule has 35 heavy (non-hydrogen) atoms. The van der Waals surface area contributed by atoms with Crippen LogP contribution in [0.4, 0.5) is 10.6 Å². The van der Waals surface area contributed by atoms with Crippen LogP contribution in [0.5, 0.6) is 0 Å². The van der Waals surface area contributed by atoms with Crippen LogP contribution in [0.25, 0.3) is 11.1 Å². The maximum absolute atomic E-state index is 13.0. The van der Waals surface area contributed by atoms with Crippen LogP contribution >= 0.6 is 0 Å². The molecule has 2 aliphatic heterocycles. The molecule has 0 aliphatic carbocycles. The minimum Gasteiger partial charge on any atom is -0.444 e. The lowest BCUT2D eigenvalue weighted by Gasteiger charge is -2.32. The van der Waals surface area contributed by atoms with E-state index in [1.165, 1.54) is 0 Å². The maximum atomic E-state index is 13.0. The summed E-state index contributed by atoms with van der Waals surface area (Å²) in [6.45, 7) is 4.39. The van der Waals surface area contributed by atoms with E-state index in [9.17, 15) is 14.4 Å². The van der Waals surface area contributed by atoms with Crippen LogP contribution < -0.4 is 10.6 Å². The van der Waals surface area contributed by atoms with Crippen molar-refractivity contribution in [2.75, 3.05) is 5.32 Å². The monoisotopic (exact) mass is 468 g/mol. The van der Waals surface area contributed by atoms with Gasteiger partial charge in [-0.05, 0) is 41.3 Å². The van der Waals surface area contributed by atoms with Crippen LogP contribution in [0.2, 0.25) is 0 Å². The Morgan fingerprint density at radius 1 is 1.11 bits per heavy atom. The molecule has 3 amide bonds. The molecule has 176 valence electrons. The number of rotatable bonds is 5. The van der Waals surface area contributed by atoms with Gasteiger partial charge < -0.3 is 15.0 Å². The molecule has 1 aromatic heterocycles. The molecule has 0 spiro atoms. The predicted octanol–water partition coefficient (Wildman–Crippen LogP) is 4.25. The normalized spacial score (nSPS) is 17.1. The average Bonchev–Trinajstić information content (AvgIpc) is 3.19. The topological polar surface area (TPSA) is 101 Å². The summed E-state index contributed by atoms with van der Waals surface area (Å²) in [4.78, 5) is 42.9. The zero-order valence-corrected chi connectivity index (χ0v) is 19.0. The third-order valence-corrected chi connectivity index (χ3v) is 6.20. The highest BCUT2D eigenvalue weighted by Crippen LogP contribution is 2.30. The highest BCUT2D eigenvalue weighted by atomic mass is 16.5. The van der Waals surface area contributed by atoms with E-state index in [1.807, 2.05) is 48.5 Å². The molecule has 2 N–H and O–H groups in total. The Morgan fingerprint density at radius 3 is 2.69 bits per heavy atom. The minimum absolute atomic E-state index is 0.0146. The Labute approximate surface area is 202 Å². The van der Waals surface area contributed by atoms with Gasteiger partial charge in [-0.25, -0.2) is 9.78 Å². The number of amides is 3. The molecule has 1 atom stereocenters. The molecule has 2 aromatic carbocycles. The molecular formula is C27H24N4O4. The Hall–Kier alpha value is -4.46. The molecule has 1 fully saturated rings. The first kappa shape index (κ1) is 22.3. The lowest BCUT2D eigenvalue weighted by Crippen LogP contribution is -2.45. The minimum atomic E-state index is -0.632. The number of aromatic nitrogens is 1. The Kier molecular flexibility index (Phi) is 6.01. The maximum Gasteiger partial charge on any atom is 0.413 e. The summed E-state index contributed by atoms with van der Waals surface area (Å²) < 4.78 is 5.34. The van der Waals surface area contributed by atoms with Gasteiger partial charge in [-0.1, -0.05) is 49.0 Å². The van der Waals surface area contributed by atoms with Gasteiger partial charge in [-0.15, -0.1) is 0 Å². The van der Waals surface area contributed by atoms with Gasteiger partial charge in [-0.2, -0.15) is 0 Å². The molecule has 2 aliphatic rings. The average molecular weight is 469 g/mol. The predicted molar refractivity (Wildman–Crippen MR) is 130 cm³/mol. The zero-order valence-electron chi connectivity index (χ0n) is 19.0. The number of hydrogen-bond acceptors (Lipinski definition) is 5. The van der Waals surface area contributed by atoms with Crippen LogP contribution in [0, 0.1) is 0 Å². The Bertz CT molecular complexity index is 1300. The third kappa shape index (κ3) is 4.77. The number of anilines is 1. The van der Waals surface area contributed by atoms with Crippen molar-refractivity contribution in [1.29, 1.82) is 0 Å². The Morgan fingerprint density at radius 2 is 1.94 bits per heavy atom. The highest BCUT2D eigenvalue weighted by molar-refractivity contribution is 5.99. The quantitative estimate of drug-likeness (QED) is 0.583. The van der Waals surface area contributed by atoms with E-state index in [4.69, 9.17) is 4.74 Å². The molecule has 8 heteroatoms. The number of ether oxygens (including phenoxy) is 1. The number of carbonyl (C=O) groups is 3. The first-order valence-corrected chi connectivity index (χ1v) is 11.3. The van der Waals surface area contributed by atoms with Gasteiger partial charge >= 0.3 is 6.09 Å². The zero-order chi connectivity index (χ0) is 24.4. The second-order valence-electron chi connectivity index (χ2n) is 8.55. The Balaban J connectivity index is 1.18. The number of nitrogens with one attached hydrogen (secondary N) is 2. The molecule has 5 rings (SSSR count). The molecule has 3 heterocycles. The summed E-state index contributed by atoms with van der Waals surface area (Å²) >= 11 is 0. The molecule has 8 nitrogen and oxygen atoms in total. The third-order valence-electron chi connectivity index (χ3n) is 6.20. The fourth-order valence-corrected chi connectivity index (χ4v) is 4.38. The van der Waals surface area contributed by atoms with Crippen LogP contribution in [0.15, 0.2) is 79.1 Å². The van der Waals surface area contributed by atoms with E-state index in [0.29, 0.717) is 42.0 Å². The van der Waals surface area contributed by atoms with Crippen molar-refractivity contribution in [1.82, 2.24) is 15.2 Å². The lowest BCUT2D eigenvalue weighted by molar-refractivity contribution is -0.121. The van der Waals surface area contributed by atoms with Crippen molar-refractivity contribution in [3.05, 3.63) is 95.8 Å². The van der Waals surface area contributed by atoms with Crippen molar-refractivity contribution in [2.45, 2.75) is 32.0 Å². The van der Waals surface area contributed by atoms with Crippen LogP contribution in [0.3, 0.4) is 0 Å². The standard InChI is InChI=1S/C27H24N4O4/c1-17-23(10-12-25(32)29-17)31-15-21-8-7-18(13-22(21)26(31)33)16-35-27(34)30-24-11-9-20(14-28-24)19-5-3-2-4-6-19/h2-9,11,13-14,23H,1,10,12,15-16H2,(H,29,32)(H,28,30,34). The van der Waals surface area contributed by atoms with Crippen molar-refractivity contribution >= 4 is 23.7 Å². The molecule has 0 radical (unpaired) electrons. The number of hydrogen-bond donors (Lipinski definition) is 2. The van der Waals surface area contributed by atoms with Crippen molar-refractivity contribution < 1.29 is 19.1 Å². The van der Waals surface area contributed by atoms with E-state index >= 15 is 0 Å². The van der Waals surface area contributed by atoms with Gasteiger partial charge in [0.2, 0.25) is 5.91 Å². The largest absolute Gasteiger partial charge is 0.444 e. The van der Waals surface area contributed by atoms with E-state index in [2.05, 4.69) is 22.2 Å². The number of nitrogens with zero attached hydrogens (tertiary/aromatic N) is 2. The van der Waals surface area contributed by atoms with Gasteiger partial charge in [0.1, 0.15) is 12.4 Å². The summed E-state index contributed by atoms with van der Waals surface area (Å²) in [6, 6.07) is 18.7. The number of benzene rings is 2. The second kappa shape index (κ2) is 9.42. The molecule has 0 saturated carbocycles. The molecule has 3 aromatic rings. The molecular weight excluding hydrogens is 444 g/mol. The second-order valence-corrected chi connectivity index (χ2v) is 8.55. The van der Waals surface area contributed by atoms with Crippen molar-refractivity contribution in [3.8, 4) is 11.1 Å². The van der Waals surface area contributed by atoms with Crippen LogP contribution in [0.1, 0.15) is 34.3 Å². The first-order valence-electron chi connectivity index (χ1n) is 11.3. The smallest absolute Gasteiger partial charge is 0.413 e. The molecule has 1 saturated heterocycles. The van der Waals surface area contributed by atoms with Gasteiger partial charge in [0, 0.05) is 36.0 Å². The summed E-state index contributed by atoms with van der Waals surface area (Å²) in [5.74, 6) is 0.195. The van der Waals surface area contributed by atoms with Crippen LogP contribution in [-0.2, 0) is 22.7 Å². The number of fused-ring (bicyclic) bond motifs is 1. The summed E-state index contributed by atoms with van der Waals surface area (Å²) in [5.41, 5.74) is 4.72. The number of pyridine rings is 1. The lowest BCUT2D eigenvalue weighted by atomic mass is 10.0. The van der Waals surface area contributed by atoms with Crippen LogP contribution in [-0.4, -0.2) is 33.8 Å². The van der Waals surface area contributed by atoms with Crippen molar-refractivity contribution in [3.63, 3.8) is 0 Å². The highest BCUT2D eigenvalue weighted by Gasteiger charge is 2.36. The summed E-state index contributed by atoms with van der Waals surface area (Å²) in [7, 11) is 0. The van der Waals surface area contributed by atoms with Gasteiger partial charge in [0.15, 0.2) is 0 Å². The van der Waals surface area contributed by atoms with Gasteiger partial charge in [0.25, 0.3) is 5.91 Å². The van der Waals surface area contributed by atoms with E-state index in [1.54, 1.807) is 23.2 Å². The summed E-state index contributed by atoms with van der Waals surface area (Å²) in [6.07, 6.45) is 1.98. The fraction of sp³-hybridized carbons (Fsp3) is 0.185.